The minimum Gasteiger partial charge on any atom is -0.312 e. The van der Waals surface area contributed by atoms with E-state index < -0.39 is 0 Å². The van der Waals surface area contributed by atoms with Crippen LogP contribution in [-0.2, 0) is 0 Å². The summed E-state index contributed by atoms with van der Waals surface area (Å²) in [4.78, 5) is 5.03. The summed E-state index contributed by atoms with van der Waals surface area (Å²) in [7, 11) is 4.54. The van der Waals surface area contributed by atoms with Crippen molar-refractivity contribution in [2.45, 2.75) is 59.0 Å². The molecule has 1 fully saturated rings. The van der Waals surface area contributed by atoms with E-state index in [2.05, 4.69) is 56.9 Å². The van der Waals surface area contributed by atoms with Crippen LogP contribution in [-0.4, -0.2) is 62.2 Å². The number of nitrogens with zero attached hydrogens (tertiary/aromatic N) is 2. The molecule has 0 amide bonds. The van der Waals surface area contributed by atoms with Gasteiger partial charge in [0.2, 0.25) is 0 Å². The molecular weight excluding hydrogens is 234 g/mol. The number of hydrogen-bond donors (Lipinski definition) is 1. The minimum absolute atomic E-state index is 0.328. The molecule has 114 valence electrons. The molecule has 0 aromatic carbocycles. The van der Waals surface area contributed by atoms with Gasteiger partial charge in [0.1, 0.15) is 0 Å². The first kappa shape index (κ1) is 16.9. The van der Waals surface area contributed by atoms with Crippen molar-refractivity contribution in [2.24, 2.45) is 5.41 Å². The molecule has 1 saturated heterocycles. The molecule has 0 bridgehead atoms. The molecule has 1 atom stereocenters. The van der Waals surface area contributed by atoms with E-state index in [0.717, 1.165) is 19.1 Å². The fourth-order valence-electron chi connectivity index (χ4n) is 2.84. The Balaban J connectivity index is 2.48. The fraction of sp³-hybridized carbons (Fsp3) is 1.00. The molecular formula is C16H35N3. The number of hydrogen-bond acceptors (Lipinski definition) is 3. The van der Waals surface area contributed by atoms with Crippen LogP contribution in [0, 0.1) is 5.41 Å². The van der Waals surface area contributed by atoms with Gasteiger partial charge in [-0.2, -0.15) is 0 Å². The third-order valence-corrected chi connectivity index (χ3v) is 4.47. The monoisotopic (exact) mass is 269 g/mol. The van der Waals surface area contributed by atoms with Gasteiger partial charge in [-0.05, 0) is 58.4 Å². The lowest BCUT2D eigenvalue weighted by molar-refractivity contribution is 0.112. The Morgan fingerprint density at radius 2 is 1.84 bits per heavy atom. The number of piperidine rings is 1. The smallest absolute Gasteiger partial charge is 0.0243 e. The molecule has 1 N–H and O–H groups in total. The van der Waals surface area contributed by atoms with Crippen LogP contribution in [0.5, 0.6) is 0 Å². The molecule has 1 heterocycles. The van der Waals surface area contributed by atoms with Crippen molar-refractivity contribution in [3.63, 3.8) is 0 Å². The van der Waals surface area contributed by atoms with Crippen LogP contribution in [0.4, 0.5) is 0 Å². The van der Waals surface area contributed by atoms with Crippen LogP contribution in [0.1, 0.15) is 47.0 Å². The van der Waals surface area contributed by atoms with Gasteiger partial charge in [-0.15, -0.1) is 0 Å². The summed E-state index contributed by atoms with van der Waals surface area (Å²) in [5.41, 5.74) is 0.328. The summed E-state index contributed by atoms with van der Waals surface area (Å²) in [6, 6.07) is 1.35. The van der Waals surface area contributed by atoms with Gasteiger partial charge in [0, 0.05) is 18.6 Å². The van der Waals surface area contributed by atoms with Crippen molar-refractivity contribution >= 4 is 0 Å². The van der Waals surface area contributed by atoms with E-state index in [-0.39, 0.29) is 0 Å². The standard InChI is InChI=1S/C16H35N3/c1-7-10-17-15(16(2,3)4)13-19(6)14-8-11-18(5)12-9-14/h14-15,17H,7-13H2,1-6H3. The zero-order valence-electron chi connectivity index (χ0n) is 14.0. The summed E-state index contributed by atoms with van der Waals surface area (Å²) in [6.45, 7) is 14.1. The highest BCUT2D eigenvalue weighted by Crippen LogP contribution is 2.22. The van der Waals surface area contributed by atoms with E-state index in [9.17, 15) is 0 Å². The maximum Gasteiger partial charge on any atom is 0.0243 e. The average molecular weight is 269 g/mol. The molecule has 1 unspecified atom stereocenters. The van der Waals surface area contributed by atoms with Gasteiger partial charge < -0.3 is 15.1 Å². The van der Waals surface area contributed by atoms with Crippen LogP contribution in [0.25, 0.3) is 0 Å². The van der Waals surface area contributed by atoms with Crippen LogP contribution in [0.3, 0.4) is 0 Å². The van der Waals surface area contributed by atoms with Gasteiger partial charge in [0.05, 0.1) is 0 Å². The molecule has 19 heavy (non-hydrogen) atoms. The van der Waals surface area contributed by atoms with Crippen molar-refractivity contribution in [3.8, 4) is 0 Å². The van der Waals surface area contributed by atoms with E-state index in [0.29, 0.717) is 11.5 Å². The first-order valence-corrected chi connectivity index (χ1v) is 7.96. The van der Waals surface area contributed by atoms with E-state index in [4.69, 9.17) is 0 Å². The number of nitrogens with one attached hydrogen (secondary N) is 1. The highest BCUT2D eigenvalue weighted by Gasteiger charge is 2.28. The molecule has 1 rings (SSSR count). The largest absolute Gasteiger partial charge is 0.312 e. The Morgan fingerprint density at radius 1 is 1.26 bits per heavy atom. The van der Waals surface area contributed by atoms with Gasteiger partial charge in [0.25, 0.3) is 0 Å². The van der Waals surface area contributed by atoms with Crippen LogP contribution < -0.4 is 5.32 Å². The maximum atomic E-state index is 3.74. The molecule has 3 nitrogen and oxygen atoms in total. The lowest BCUT2D eigenvalue weighted by atomic mass is 9.86. The lowest BCUT2D eigenvalue weighted by Crippen LogP contribution is -2.51. The van der Waals surface area contributed by atoms with E-state index in [1.165, 1.54) is 32.4 Å². The molecule has 0 saturated carbocycles. The second kappa shape index (κ2) is 7.61. The van der Waals surface area contributed by atoms with Crippen molar-refractivity contribution < 1.29 is 0 Å². The molecule has 0 spiro atoms. The quantitative estimate of drug-likeness (QED) is 0.799. The van der Waals surface area contributed by atoms with Crippen molar-refractivity contribution in [2.75, 3.05) is 40.3 Å². The second-order valence-electron chi connectivity index (χ2n) is 7.35. The van der Waals surface area contributed by atoms with Gasteiger partial charge in [-0.25, -0.2) is 0 Å². The maximum absolute atomic E-state index is 3.74. The Hall–Kier alpha value is -0.120. The van der Waals surface area contributed by atoms with Gasteiger partial charge in [-0.3, -0.25) is 0 Å². The average Bonchev–Trinajstić information content (AvgIpc) is 2.33. The summed E-state index contributed by atoms with van der Waals surface area (Å²) in [5.74, 6) is 0. The number of rotatable bonds is 6. The molecule has 0 aliphatic carbocycles. The third-order valence-electron chi connectivity index (χ3n) is 4.47. The van der Waals surface area contributed by atoms with Crippen LogP contribution >= 0.6 is 0 Å². The zero-order chi connectivity index (χ0) is 14.5. The molecule has 0 radical (unpaired) electrons. The fourth-order valence-corrected chi connectivity index (χ4v) is 2.84. The normalized spacial score (nSPS) is 21.0. The summed E-state index contributed by atoms with van der Waals surface area (Å²) in [6.07, 6.45) is 3.85. The molecule has 1 aliphatic rings. The Labute approximate surface area is 120 Å². The van der Waals surface area contributed by atoms with Crippen molar-refractivity contribution in [3.05, 3.63) is 0 Å². The van der Waals surface area contributed by atoms with Crippen LogP contribution in [0.2, 0.25) is 0 Å². The first-order chi connectivity index (χ1) is 8.84. The van der Waals surface area contributed by atoms with Gasteiger partial charge in [-0.1, -0.05) is 27.7 Å². The summed E-state index contributed by atoms with van der Waals surface area (Å²) >= 11 is 0. The molecule has 0 aromatic heterocycles. The Bertz CT molecular complexity index is 239. The first-order valence-electron chi connectivity index (χ1n) is 7.96. The van der Waals surface area contributed by atoms with Crippen LogP contribution in [0.15, 0.2) is 0 Å². The lowest BCUT2D eigenvalue weighted by Gasteiger charge is -2.40. The highest BCUT2D eigenvalue weighted by atomic mass is 15.2. The topological polar surface area (TPSA) is 18.5 Å². The van der Waals surface area contributed by atoms with E-state index >= 15 is 0 Å². The Kier molecular flexibility index (Phi) is 6.78. The molecule has 3 heteroatoms. The summed E-state index contributed by atoms with van der Waals surface area (Å²) in [5, 5.41) is 3.74. The highest BCUT2D eigenvalue weighted by molar-refractivity contribution is 4.86. The van der Waals surface area contributed by atoms with Gasteiger partial charge >= 0.3 is 0 Å². The third kappa shape index (κ3) is 5.80. The number of likely N-dealkylation sites (tertiary alicyclic amines) is 1. The molecule has 1 aliphatic heterocycles. The predicted molar refractivity (Wildman–Crippen MR) is 84.7 cm³/mol. The second-order valence-corrected chi connectivity index (χ2v) is 7.35. The summed E-state index contributed by atoms with van der Waals surface area (Å²) < 4.78 is 0. The SMILES string of the molecule is CCCNC(CN(C)C1CCN(C)CC1)C(C)(C)C. The van der Waals surface area contributed by atoms with Crippen molar-refractivity contribution in [1.82, 2.24) is 15.1 Å². The van der Waals surface area contributed by atoms with E-state index in [1.807, 2.05) is 0 Å². The van der Waals surface area contributed by atoms with Crippen molar-refractivity contribution in [1.29, 1.82) is 0 Å². The minimum atomic E-state index is 0.328. The molecule has 0 aromatic rings. The number of likely N-dealkylation sites (N-methyl/N-ethyl adjacent to an activating group) is 1. The predicted octanol–water partition coefficient (Wildman–Crippen LogP) is 2.43. The van der Waals surface area contributed by atoms with Gasteiger partial charge in [0.15, 0.2) is 0 Å². The van der Waals surface area contributed by atoms with E-state index in [1.54, 1.807) is 0 Å². The Morgan fingerprint density at radius 3 is 2.32 bits per heavy atom. The zero-order valence-corrected chi connectivity index (χ0v) is 14.0.